The minimum Gasteiger partial charge on any atom is -0.353 e. The molecule has 9 heteroatoms. The third kappa shape index (κ3) is 6.27. The van der Waals surface area contributed by atoms with Crippen LogP contribution in [-0.2, 0) is 24.6 Å². The number of alkyl halides is 3. The Labute approximate surface area is 186 Å². The Morgan fingerprint density at radius 3 is 2.47 bits per heavy atom. The molecule has 0 aliphatic heterocycles. The predicted octanol–water partition coefficient (Wildman–Crippen LogP) is 4.73. The first-order chi connectivity index (χ1) is 15.0. The number of aryl methyl sites for hydroxylation is 1. The van der Waals surface area contributed by atoms with Crippen molar-refractivity contribution >= 4 is 17.6 Å². The molecule has 3 amide bonds. The Morgan fingerprint density at radius 2 is 1.91 bits per heavy atom. The average molecular weight is 451 g/mol. The molecule has 0 spiro atoms. The predicted molar refractivity (Wildman–Crippen MR) is 116 cm³/mol. The summed E-state index contributed by atoms with van der Waals surface area (Å²) in [5.74, 6) is 0.0542. The van der Waals surface area contributed by atoms with E-state index in [1.807, 2.05) is 43.8 Å². The lowest BCUT2D eigenvalue weighted by Gasteiger charge is -2.29. The summed E-state index contributed by atoms with van der Waals surface area (Å²) in [4.78, 5) is 29.2. The molecule has 6 nitrogen and oxygen atoms in total. The van der Waals surface area contributed by atoms with Crippen LogP contribution in [0.4, 0.5) is 23.7 Å². The lowest BCUT2D eigenvalue weighted by Crippen LogP contribution is -2.46. The molecule has 1 N–H and O–H groups in total. The minimum absolute atomic E-state index is 0.0470. The van der Waals surface area contributed by atoms with Gasteiger partial charge in [0, 0.05) is 37.2 Å². The van der Waals surface area contributed by atoms with Gasteiger partial charge in [0.05, 0.1) is 12.1 Å². The highest BCUT2D eigenvalue weighted by molar-refractivity contribution is 5.93. The van der Waals surface area contributed by atoms with Gasteiger partial charge in [-0.15, -0.1) is 0 Å². The van der Waals surface area contributed by atoms with E-state index in [0.717, 1.165) is 30.7 Å². The highest BCUT2D eigenvalue weighted by Gasteiger charge is 2.35. The summed E-state index contributed by atoms with van der Waals surface area (Å²) >= 11 is 0. The van der Waals surface area contributed by atoms with Crippen LogP contribution in [0.3, 0.4) is 0 Å². The second-order valence-electron chi connectivity index (χ2n) is 8.65. The van der Waals surface area contributed by atoms with E-state index in [-0.39, 0.29) is 30.1 Å². The number of rotatable bonds is 8. The van der Waals surface area contributed by atoms with E-state index in [1.165, 1.54) is 17.0 Å². The molecule has 0 atom stereocenters. The Kier molecular flexibility index (Phi) is 7.16. The molecule has 1 aromatic heterocycles. The van der Waals surface area contributed by atoms with Gasteiger partial charge in [-0.3, -0.25) is 4.79 Å². The van der Waals surface area contributed by atoms with Crippen molar-refractivity contribution in [1.29, 1.82) is 0 Å². The summed E-state index contributed by atoms with van der Waals surface area (Å²) in [5, 5.41) is 2.53. The van der Waals surface area contributed by atoms with E-state index in [0.29, 0.717) is 13.1 Å². The van der Waals surface area contributed by atoms with Gasteiger partial charge in [-0.2, -0.15) is 13.2 Å². The maximum atomic E-state index is 13.1. The Bertz CT molecular complexity index is 951. The molecule has 0 bridgehead atoms. The molecule has 1 aromatic carbocycles. The van der Waals surface area contributed by atoms with E-state index in [4.69, 9.17) is 0 Å². The van der Waals surface area contributed by atoms with Crippen molar-refractivity contribution in [1.82, 2.24) is 14.4 Å². The normalized spacial score (nSPS) is 13.8. The number of anilines is 1. The smallest absolute Gasteiger partial charge is 0.353 e. The average Bonchev–Trinajstić information content (AvgIpc) is 3.47. The first kappa shape index (κ1) is 23.7. The number of nitrogens with zero attached hydrogens (tertiary/aromatic N) is 3. The van der Waals surface area contributed by atoms with Crippen LogP contribution >= 0.6 is 0 Å². The zero-order valence-corrected chi connectivity index (χ0v) is 18.5. The Balaban J connectivity index is 1.71. The lowest BCUT2D eigenvalue weighted by molar-refractivity contribution is -0.137. The largest absolute Gasteiger partial charge is 0.416 e. The summed E-state index contributed by atoms with van der Waals surface area (Å²) in [5.41, 5.74) is 0.186. The van der Waals surface area contributed by atoms with Gasteiger partial charge in [-0.05, 0) is 49.1 Å². The number of amides is 3. The molecule has 1 fully saturated rings. The molecule has 174 valence electrons. The number of urea groups is 1. The Hall–Kier alpha value is -2.97. The van der Waals surface area contributed by atoms with E-state index < -0.39 is 17.8 Å². The zero-order chi connectivity index (χ0) is 23.5. The molecule has 3 rings (SSSR count). The summed E-state index contributed by atoms with van der Waals surface area (Å²) in [6, 6.07) is 7.70. The van der Waals surface area contributed by atoms with Crippen molar-refractivity contribution in [2.75, 3.05) is 18.4 Å². The van der Waals surface area contributed by atoms with Gasteiger partial charge in [0.25, 0.3) is 0 Å². The molecular weight excluding hydrogens is 421 g/mol. The lowest BCUT2D eigenvalue weighted by atomic mass is 10.2. The number of carbonyl (C=O) groups excluding carboxylic acids is 2. The molecule has 1 aliphatic rings. The van der Waals surface area contributed by atoms with Gasteiger partial charge in [-0.25, -0.2) is 4.79 Å². The highest BCUT2D eigenvalue weighted by Crippen LogP contribution is 2.31. The van der Waals surface area contributed by atoms with Gasteiger partial charge >= 0.3 is 12.2 Å². The molecule has 0 saturated heterocycles. The summed E-state index contributed by atoms with van der Waals surface area (Å²) in [7, 11) is 1.91. The maximum absolute atomic E-state index is 13.1. The van der Waals surface area contributed by atoms with E-state index in [9.17, 15) is 22.8 Å². The second-order valence-corrected chi connectivity index (χ2v) is 8.65. The summed E-state index contributed by atoms with van der Waals surface area (Å²) in [6.07, 6.45) is -1.05. The van der Waals surface area contributed by atoms with Crippen molar-refractivity contribution < 1.29 is 22.8 Å². The van der Waals surface area contributed by atoms with Gasteiger partial charge in [0.15, 0.2) is 0 Å². The standard InChI is InChI=1S/C23H29F3N4O2/c1-16(2)13-29(14-20-8-5-11-28(20)3)21(31)15-30(19-9-10-19)22(32)27-18-7-4-6-17(12-18)23(24,25)26/h4-8,11-12,16,19H,9-10,13-15H2,1-3H3,(H,27,32). The number of hydrogen-bond acceptors (Lipinski definition) is 2. The summed E-state index contributed by atoms with van der Waals surface area (Å²) in [6.45, 7) is 4.88. The molecule has 32 heavy (non-hydrogen) atoms. The fourth-order valence-corrected chi connectivity index (χ4v) is 3.52. The fraction of sp³-hybridized carbons (Fsp3) is 0.478. The third-order valence-corrected chi connectivity index (χ3v) is 5.34. The molecule has 2 aromatic rings. The topological polar surface area (TPSA) is 57.6 Å². The van der Waals surface area contributed by atoms with E-state index in [2.05, 4.69) is 5.32 Å². The van der Waals surface area contributed by atoms with Gasteiger partial charge in [0.2, 0.25) is 5.91 Å². The molecule has 1 heterocycles. The number of nitrogens with one attached hydrogen (secondary N) is 1. The molecular formula is C23H29F3N4O2. The number of aromatic nitrogens is 1. The quantitative estimate of drug-likeness (QED) is 0.633. The minimum atomic E-state index is -4.50. The number of benzene rings is 1. The van der Waals surface area contributed by atoms with Gasteiger partial charge < -0.3 is 19.7 Å². The number of hydrogen-bond donors (Lipinski definition) is 1. The Morgan fingerprint density at radius 1 is 1.19 bits per heavy atom. The van der Waals surface area contributed by atoms with Crippen LogP contribution in [0.15, 0.2) is 42.6 Å². The van der Waals surface area contributed by atoms with Crippen molar-refractivity contribution in [3.63, 3.8) is 0 Å². The highest BCUT2D eigenvalue weighted by atomic mass is 19.4. The van der Waals surface area contributed by atoms with Crippen LogP contribution < -0.4 is 5.32 Å². The molecule has 0 radical (unpaired) electrons. The van der Waals surface area contributed by atoms with Crippen molar-refractivity contribution in [2.24, 2.45) is 13.0 Å². The maximum Gasteiger partial charge on any atom is 0.416 e. The monoisotopic (exact) mass is 450 g/mol. The van der Waals surface area contributed by atoms with Crippen LogP contribution in [0.1, 0.15) is 37.9 Å². The van der Waals surface area contributed by atoms with Crippen molar-refractivity contribution in [3.8, 4) is 0 Å². The van der Waals surface area contributed by atoms with Crippen LogP contribution in [0, 0.1) is 5.92 Å². The van der Waals surface area contributed by atoms with E-state index in [1.54, 1.807) is 4.90 Å². The number of carbonyl (C=O) groups is 2. The van der Waals surface area contributed by atoms with Gasteiger partial charge in [-0.1, -0.05) is 19.9 Å². The SMILES string of the molecule is CC(C)CN(Cc1cccn1C)C(=O)CN(C(=O)Nc1cccc(C(F)(F)F)c1)C1CC1. The number of halogens is 3. The van der Waals surface area contributed by atoms with E-state index >= 15 is 0 Å². The molecule has 1 saturated carbocycles. The van der Waals surface area contributed by atoms with Crippen LogP contribution in [-0.4, -0.2) is 45.4 Å². The second kappa shape index (κ2) is 9.67. The van der Waals surface area contributed by atoms with Crippen molar-refractivity contribution in [2.45, 2.75) is 45.5 Å². The summed E-state index contributed by atoms with van der Waals surface area (Å²) < 4.78 is 40.9. The van der Waals surface area contributed by atoms with Gasteiger partial charge in [0.1, 0.15) is 6.54 Å². The first-order valence-corrected chi connectivity index (χ1v) is 10.7. The van der Waals surface area contributed by atoms with Crippen LogP contribution in [0.2, 0.25) is 0 Å². The zero-order valence-electron chi connectivity index (χ0n) is 18.5. The molecule has 1 aliphatic carbocycles. The third-order valence-electron chi connectivity index (χ3n) is 5.34. The van der Waals surface area contributed by atoms with Crippen molar-refractivity contribution in [3.05, 3.63) is 53.9 Å². The molecule has 0 unspecified atom stereocenters. The first-order valence-electron chi connectivity index (χ1n) is 10.7. The van der Waals surface area contributed by atoms with Crippen LogP contribution in [0.5, 0.6) is 0 Å². The van der Waals surface area contributed by atoms with Crippen LogP contribution in [0.25, 0.3) is 0 Å². The fourth-order valence-electron chi connectivity index (χ4n) is 3.52.